The molecule has 0 aliphatic heterocycles. The van der Waals surface area contributed by atoms with Crippen LogP contribution in [0.15, 0.2) is 71.6 Å². The van der Waals surface area contributed by atoms with Crippen molar-refractivity contribution in [1.82, 2.24) is 4.57 Å². The van der Waals surface area contributed by atoms with Gasteiger partial charge < -0.3 is 15.2 Å². The maximum Gasteiger partial charge on any atom is 0.237 e. The van der Waals surface area contributed by atoms with Gasteiger partial charge in [0.2, 0.25) is 11.8 Å². The Morgan fingerprint density at radius 2 is 1.65 bits per heavy atom. The Morgan fingerprint density at radius 1 is 0.903 bits per heavy atom. The molecule has 1 aromatic heterocycles. The molecule has 0 aliphatic rings. The first kappa shape index (κ1) is 21.0. The van der Waals surface area contributed by atoms with Crippen LogP contribution in [-0.4, -0.2) is 21.6 Å². The summed E-state index contributed by atoms with van der Waals surface area (Å²) in [7, 11) is 0. The Labute approximate surface area is 185 Å². The second kappa shape index (κ2) is 8.86. The molecule has 2 amide bonds. The number of rotatable bonds is 6. The number of anilines is 2. The lowest BCUT2D eigenvalue weighted by atomic mass is 10.1. The number of nitrogens with one attached hydrogen (secondary N) is 2. The monoisotopic (exact) mass is 431 g/mol. The zero-order valence-corrected chi connectivity index (χ0v) is 18.6. The second-order valence-electron chi connectivity index (χ2n) is 7.45. The van der Waals surface area contributed by atoms with E-state index in [1.165, 1.54) is 35.1 Å². The normalized spacial score (nSPS) is 12.1. The fraction of sp³-hybridized carbons (Fsp3) is 0.200. The third kappa shape index (κ3) is 4.44. The molecule has 5 nitrogen and oxygen atoms in total. The number of aromatic nitrogens is 1. The zero-order chi connectivity index (χ0) is 22.0. The van der Waals surface area contributed by atoms with E-state index in [2.05, 4.69) is 52.5 Å². The Morgan fingerprint density at radius 3 is 2.42 bits per heavy atom. The summed E-state index contributed by atoms with van der Waals surface area (Å²) in [5.41, 5.74) is 3.88. The fourth-order valence-electron chi connectivity index (χ4n) is 3.82. The van der Waals surface area contributed by atoms with Gasteiger partial charge in [0.15, 0.2) is 0 Å². The van der Waals surface area contributed by atoms with Crippen molar-refractivity contribution >= 4 is 56.8 Å². The van der Waals surface area contributed by atoms with E-state index in [9.17, 15) is 9.59 Å². The summed E-state index contributed by atoms with van der Waals surface area (Å²) in [6, 6.07) is 21.9. The average molecular weight is 432 g/mol. The van der Waals surface area contributed by atoms with Gasteiger partial charge in [0.1, 0.15) is 0 Å². The highest BCUT2D eigenvalue weighted by Gasteiger charge is 2.16. The Balaban J connectivity index is 1.53. The van der Waals surface area contributed by atoms with E-state index < -0.39 is 0 Å². The fourth-order valence-corrected chi connectivity index (χ4v) is 4.75. The third-order valence-corrected chi connectivity index (χ3v) is 6.29. The summed E-state index contributed by atoms with van der Waals surface area (Å²) in [5, 5.41) is 7.86. The number of thioether (sulfide) groups is 1. The molecule has 4 aromatic rings. The first-order valence-electron chi connectivity index (χ1n) is 10.3. The maximum atomic E-state index is 12.8. The van der Waals surface area contributed by atoms with Gasteiger partial charge in [0, 0.05) is 51.5 Å². The van der Waals surface area contributed by atoms with Gasteiger partial charge in [0.05, 0.1) is 5.25 Å². The van der Waals surface area contributed by atoms with Crippen molar-refractivity contribution in [2.24, 2.45) is 0 Å². The number of benzene rings is 3. The van der Waals surface area contributed by atoms with Crippen molar-refractivity contribution < 1.29 is 9.59 Å². The average Bonchev–Trinajstić information content (AvgIpc) is 3.06. The smallest absolute Gasteiger partial charge is 0.237 e. The highest BCUT2D eigenvalue weighted by molar-refractivity contribution is 8.00. The van der Waals surface area contributed by atoms with E-state index in [1.54, 1.807) is 0 Å². The molecule has 0 bridgehead atoms. The molecular formula is C25H25N3O2S. The van der Waals surface area contributed by atoms with Crippen molar-refractivity contribution in [1.29, 1.82) is 0 Å². The minimum Gasteiger partial charge on any atom is -0.341 e. The zero-order valence-electron chi connectivity index (χ0n) is 17.8. The summed E-state index contributed by atoms with van der Waals surface area (Å²) in [4.78, 5) is 25.0. The molecule has 0 radical (unpaired) electrons. The van der Waals surface area contributed by atoms with Gasteiger partial charge in [0.25, 0.3) is 0 Å². The summed E-state index contributed by atoms with van der Waals surface area (Å²) < 4.78 is 2.29. The van der Waals surface area contributed by atoms with Crippen LogP contribution in [-0.2, 0) is 16.1 Å². The van der Waals surface area contributed by atoms with Crippen molar-refractivity contribution in [2.45, 2.75) is 37.5 Å². The van der Waals surface area contributed by atoms with Gasteiger partial charge in [-0.2, -0.15) is 0 Å². The van der Waals surface area contributed by atoms with E-state index in [0.717, 1.165) is 28.2 Å². The Bertz CT molecular complexity index is 1280. The first-order valence-corrected chi connectivity index (χ1v) is 11.2. The Hall–Kier alpha value is -3.25. The molecule has 2 N–H and O–H groups in total. The third-order valence-electron chi connectivity index (χ3n) is 5.19. The summed E-state index contributed by atoms with van der Waals surface area (Å²) in [6.07, 6.45) is 0. The molecule has 3 aromatic carbocycles. The van der Waals surface area contributed by atoms with Crippen molar-refractivity contribution in [3.05, 3.63) is 66.7 Å². The number of aryl methyl sites for hydroxylation is 1. The predicted octanol–water partition coefficient (Wildman–Crippen LogP) is 5.89. The predicted molar refractivity (Wildman–Crippen MR) is 130 cm³/mol. The number of para-hydroxylation sites is 1. The quantitative estimate of drug-likeness (QED) is 0.374. The maximum absolute atomic E-state index is 12.8. The van der Waals surface area contributed by atoms with Crippen molar-refractivity contribution in [3.8, 4) is 0 Å². The van der Waals surface area contributed by atoms with E-state index in [-0.39, 0.29) is 17.1 Å². The molecule has 1 heterocycles. The van der Waals surface area contributed by atoms with Crippen molar-refractivity contribution in [2.75, 3.05) is 10.6 Å². The van der Waals surface area contributed by atoms with Crippen LogP contribution >= 0.6 is 11.8 Å². The number of hydrogen-bond acceptors (Lipinski definition) is 3. The molecule has 0 saturated carbocycles. The van der Waals surface area contributed by atoms with Crippen LogP contribution in [0.3, 0.4) is 0 Å². The van der Waals surface area contributed by atoms with Gasteiger partial charge in [-0.05, 0) is 56.3 Å². The molecule has 158 valence electrons. The molecule has 0 spiro atoms. The standard InChI is InChI=1S/C25H25N3O2S/c1-4-28-23-11-6-5-10-21(23)22-15-19(12-13-24(22)28)27-25(30)16(2)31-20-9-7-8-18(14-20)26-17(3)29/h5-16H,4H2,1-3H3,(H,26,29)(H,27,30). The van der Waals surface area contributed by atoms with Gasteiger partial charge in [-0.25, -0.2) is 0 Å². The van der Waals surface area contributed by atoms with Gasteiger partial charge in [-0.3, -0.25) is 9.59 Å². The lowest BCUT2D eigenvalue weighted by Crippen LogP contribution is -2.22. The minimum absolute atomic E-state index is 0.0616. The molecule has 1 unspecified atom stereocenters. The van der Waals surface area contributed by atoms with Crippen LogP contribution in [0.5, 0.6) is 0 Å². The van der Waals surface area contributed by atoms with Gasteiger partial charge in [-0.1, -0.05) is 24.3 Å². The number of nitrogens with zero attached hydrogens (tertiary/aromatic N) is 1. The lowest BCUT2D eigenvalue weighted by molar-refractivity contribution is -0.115. The molecule has 0 aliphatic carbocycles. The largest absolute Gasteiger partial charge is 0.341 e. The van der Waals surface area contributed by atoms with Crippen LogP contribution in [0.25, 0.3) is 21.8 Å². The van der Waals surface area contributed by atoms with Crippen LogP contribution < -0.4 is 10.6 Å². The van der Waals surface area contributed by atoms with Crippen LogP contribution in [0, 0.1) is 0 Å². The molecule has 1 atom stereocenters. The molecular weight excluding hydrogens is 406 g/mol. The molecule has 0 saturated heterocycles. The number of amides is 2. The van der Waals surface area contributed by atoms with E-state index in [0.29, 0.717) is 0 Å². The number of hydrogen-bond donors (Lipinski definition) is 2. The molecule has 31 heavy (non-hydrogen) atoms. The first-order chi connectivity index (χ1) is 15.0. The summed E-state index contributed by atoms with van der Waals surface area (Å²) in [6.45, 7) is 6.39. The van der Waals surface area contributed by atoms with Crippen LogP contribution in [0.2, 0.25) is 0 Å². The highest BCUT2D eigenvalue weighted by atomic mass is 32.2. The number of carbonyl (C=O) groups excluding carboxylic acids is 2. The Kier molecular flexibility index (Phi) is 6.00. The van der Waals surface area contributed by atoms with E-state index in [4.69, 9.17) is 0 Å². The van der Waals surface area contributed by atoms with Crippen LogP contribution in [0.4, 0.5) is 11.4 Å². The molecule has 6 heteroatoms. The van der Waals surface area contributed by atoms with Gasteiger partial charge in [-0.15, -0.1) is 11.8 Å². The highest BCUT2D eigenvalue weighted by Crippen LogP contribution is 2.32. The second-order valence-corrected chi connectivity index (χ2v) is 8.87. The topological polar surface area (TPSA) is 63.1 Å². The summed E-state index contributed by atoms with van der Waals surface area (Å²) >= 11 is 1.46. The minimum atomic E-state index is -0.291. The lowest BCUT2D eigenvalue weighted by Gasteiger charge is -2.13. The molecule has 0 fully saturated rings. The summed E-state index contributed by atoms with van der Waals surface area (Å²) in [5.74, 6) is -0.179. The SMILES string of the molecule is CCn1c2ccccc2c2cc(NC(=O)C(C)Sc3cccc(NC(C)=O)c3)ccc21. The van der Waals surface area contributed by atoms with E-state index in [1.807, 2.05) is 43.3 Å². The van der Waals surface area contributed by atoms with Gasteiger partial charge >= 0.3 is 0 Å². The number of fused-ring (bicyclic) bond motifs is 3. The van der Waals surface area contributed by atoms with E-state index >= 15 is 0 Å². The van der Waals surface area contributed by atoms with Crippen LogP contribution in [0.1, 0.15) is 20.8 Å². The van der Waals surface area contributed by atoms with Crippen molar-refractivity contribution in [3.63, 3.8) is 0 Å². The molecule has 4 rings (SSSR count). The number of carbonyl (C=O) groups is 2.